The molecule has 0 amide bonds. The number of hydrogen-bond donors (Lipinski definition) is 1. The van der Waals surface area contributed by atoms with Gasteiger partial charge in [-0.1, -0.05) is 28.1 Å². The van der Waals surface area contributed by atoms with E-state index < -0.39 is 0 Å². The molecule has 0 radical (unpaired) electrons. The van der Waals surface area contributed by atoms with Crippen molar-refractivity contribution in [3.8, 4) is 0 Å². The van der Waals surface area contributed by atoms with E-state index in [1.165, 1.54) is 11.1 Å². The molecule has 1 nitrogen and oxygen atoms in total. The van der Waals surface area contributed by atoms with E-state index in [1.54, 1.807) is 0 Å². The van der Waals surface area contributed by atoms with Crippen molar-refractivity contribution in [1.82, 2.24) is 0 Å². The molecule has 76 valence electrons. The van der Waals surface area contributed by atoms with E-state index in [0.29, 0.717) is 0 Å². The Hall–Kier alpha value is -0.340. The zero-order valence-corrected chi connectivity index (χ0v) is 9.97. The fourth-order valence-electron chi connectivity index (χ4n) is 1.68. The highest BCUT2D eigenvalue weighted by Gasteiger charge is 2.39. The van der Waals surface area contributed by atoms with Gasteiger partial charge in [0.1, 0.15) is 0 Å². The normalized spacial score (nSPS) is 18.2. The second-order valence-electron chi connectivity index (χ2n) is 4.25. The van der Waals surface area contributed by atoms with Crippen LogP contribution in [0.3, 0.4) is 0 Å². The smallest absolute Gasteiger partial charge is 0.0653 e. The second kappa shape index (κ2) is 3.67. The van der Waals surface area contributed by atoms with E-state index in [9.17, 15) is 5.11 Å². The molecule has 1 fully saturated rings. The van der Waals surface area contributed by atoms with Gasteiger partial charge in [0.15, 0.2) is 0 Å². The van der Waals surface area contributed by atoms with Crippen LogP contribution >= 0.6 is 15.9 Å². The predicted molar refractivity (Wildman–Crippen MR) is 61.4 cm³/mol. The summed E-state index contributed by atoms with van der Waals surface area (Å²) in [4.78, 5) is 0. The second-order valence-corrected chi connectivity index (χ2v) is 5.10. The average molecular weight is 255 g/mol. The molecule has 1 aliphatic carbocycles. The van der Waals surface area contributed by atoms with Crippen LogP contribution in [0.4, 0.5) is 0 Å². The van der Waals surface area contributed by atoms with Crippen molar-refractivity contribution in [3.63, 3.8) is 0 Å². The summed E-state index contributed by atoms with van der Waals surface area (Å²) in [5, 5.41) is 9.74. The maximum atomic E-state index is 9.74. The molecule has 1 saturated carbocycles. The molecule has 0 spiro atoms. The highest BCUT2D eigenvalue weighted by Crippen LogP contribution is 2.39. The minimum Gasteiger partial charge on any atom is -0.390 e. The van der Waals surface area contributed by atoms with Gasteiger partial charge >= 0.3 is 0 Å². The quantitative estimate of drug-likeness (QED) is 0.879. The molecule has 2 heteroatoms. The van der Waals surface area contributed by atoms with E-state index in [0.717, 1.165) is 30.2 Å². The summed E-state index contributed by atoms with van der Waals surface area (Å²) in [5.74, 6) is 0. The molecule has 1 aromatic rings. The summed E-state index contributed by atoms with van der Waals surface area (Å²) in [6.45, 7) is 2.12. The molecule has 14 heavy (non-hydrogen) atoms. The van der Waals surface area contributed by atoms with Crippen molar-refractivity contribution in [2.45, 2.75) is 38.2 Å². The first-order valence-electron chi connectivity index (χ1n) is 5.07. The van der Waals surface area contributed by atoms with Crippen LogP contribution in [0.25, 0.3) is 0 Å². The van der Waals surface area contributed by atoms with Gasteiger partial charge in [-0.25, -0.2) is 0 Å². The van der Waals surface area contributed by atoms with Crippen molar-refractivity contribution in [3.05, 3.63) is 33.8 Å². The lowest BCUT2D eigenvalue weighted by molar-refractivity contribution is 0.140. The highest BCUT2D eigenvalue weighted by molar-refractivity contribution is 9.10. The first-order valence-corrected chi connectivity index (χ1v) is 5.86. The van der Waals surface area contributed by atoms with Gasteiger partial charge in [0, 0.05) is 4.47 Å². The first-order chi connectivity index (χ1) is 6.61. The molecule has 0 saturated heterocycles. The van der Waals surface area contributed by atoms with Gasteiger partial charge in [-0.05, 0) is 49.8 Å². The first kappa shape index (κ1) is 10.2. The number of halogens is 1. The Labute approximate surface area is 93.3 Å². The van der Waals surface area contributed by atoms with Gasteiger partial charge in [-0.3, -0.25) is 0 Å². The molecule has 0 atom stereocenters. The number of aliphatic hydroxyl groups is 1. The Morgan fingerprint density at radius 2 is 2.14 bits per heavy atom. The van der Waals surface area contributed by atoms with Crippen LogP contribution < -0.4 is 0 Å². The highest BCUT2D eigenvalue weighted by atomic mass is 79.9. The van der Waals surface area contributed by atoms with Crippen molar-refractivity contribution < 1.29 is 5.11 Å². The van der Waals surface area contributed by atoms with Crippen molar-refractivity contribution >= 4 is 15.9 Å². The summed E-state index contributed by atoms with van der Waals surface area (Å²) in [6, 6.07) is 6.26. The largest absolute Gasteiger partial charge is 0.390 e. The molecular weight excluding hydrogens is 240 g/mol. The third-order valence-electron chi connectivity index (χ3n) is 3.07. The minimum atomic E-state index is -0.325. The zero-order chi connectivity index (χ0) is 10.2. The van der Waals surface area contributed by atoms with E-state index in [2.05, 4.69) is 41.1 Å². The molecule has 0 unspecified atom stereocenters. The Kier molecular flexibility index (Phi) is 2.67. The summed E-state index contributed by atoms with van der Waals surface area (Å²) in [5.41, 5.74) is 2.32. The van der Waals surface area contributed by atoms with Gasteiger partial charge in [0.05, 0.1) is 5.60 Å². The molecule has 0 heterocycles. The van der Waals surface area contributed by atoms with Crippen molar-refractivity contribution in [2.75, 3.05) is 0 Å². The van der Waals surface area contributed by atoms with Crippen LogP contribution in [0.2, 0.25) is 0 Å². The molecule has 1 aromatic carbocycles. The summed E-state index contributed by atoms with van der Waals surface area (Å²) < 4.78 is 1.16. The molecule has 0 aromatic heterocycles. The van der Waals surface area contributed by atoms with Crippen LogP contribution in [0.5, 0.6) is 0 Å². The predicted octanol–water partition coefficient (Wildman–Crippen LogP) is 3.22. The Morgan fingerprint density at radius 3 is 2.79 bits per heavy atom. The van der Waals surface area contributed by atoms with Crippen LogP contribution in [0.15, 0.2) is 22.7 Å². The lowest BCUT2D eigenvalue weighted by Gasteiger charge is -2.10. The van der Waals surface area contributed by atoms with Gasteiger partial charge in [-0.15, -0.1) is 0 Å². The van der Waals surface area contributed by atoms with Gasteiger partial charge in [-0.2, -0.15) is 0 Å². The topological polar surface area (TPSA) is 20.2 Å². The fourth-order valence-corrected chi connectivity index (χ4v) is 2.09. The third kappa shape index (κ3) is 2.18. The lowest BCUT2D eigenvalue weighted by Crippen LogP contribution is -2.08. The number of rotatable bonds is 3. The van der Waals surface area contributed by atoms with Gasteiger partial charge in [0.2, 0.25) is 0 Å². The third-order valence-corrected chi connectivity index (χ3v) is 3.93. The zero-order valence-electron chi connectivity index (χ0n) is 8.39. The minimum absolute atomic E-state index is 0.325. The van der Waals surface area contributed by atoms with Crippen LogP contribution in [0.1, 0.15) is 30.4 Å². The molecule has 1 aliphatic rings. The van der Waals surface area contributed by atoms with E-state index in [4.69, 9.17) is 0 Å². The van der Waals surface area contributed by atoms with E-state index >= 15 is 0 Å². The van der Waals surface area contributed by atoms with Crippen LogP contribution in [0, 0.1) is 6.92 Å². The van der Waals surface area contributed by atoms with Crippen molar-refractivity contribution in [1.29, 1.82) is 0 Å². The summed E-state index contributed by atoms with van der Waals surface area (Å²) in [7, 11) is 0. The van der Waals surface area contributed by atoms with E-state index in [1.807, 2.05) is 0 Å². The lowest BCUT2D eigenvalue weighted by atomic mass is 10.0. The SMILES string of the molecule is Cc1c(Br)cccc1CCC1(O)CC1. The van der Waals surface area contributed by atoms with E-state index in [-0.39, 0.29) is 5.60 Å². The summed E-state index contributed by atoms with van der Waals surface area (Å²) in [6.07, 6.45) is 3.87. The summed E-state index contributed by atoms with van der Waals surface area (Å²) >= 11 is 3.52. The number of benzene rings is 1. The molecule has 1 N–H and O–H groups in total. The molecular formula is C12H15BrO. The number of hydrogen-bond acceptors (Lipinski definition) is 1. The Bertz CT molecular complexity index is 342. The standard InChI is InChI=1S/C12H15BrO/c1-9-10(3-2-4-11(9)13)5-6-12(14)7-8-12/h2-4,14H,5-8H2,1H3. The monoisotopic (exact) mass is 254 g/mol. The van der Waals surface area contributed by atoms with Crippen LogP contribution in [-0.2, 0) is 6.42 Å². The average Bonchev–Trinajstić information content (AvgIpc) is 2.88. The molecule has 0 bridgehead atoms. The maximum absolute atomic E-state index is 9.74. The molecule has 2 rings (SSSR count). The van der Waals surface area contributed by atoms with Gasteiger partial charge < -0.3 is 5.11 Å². The Balaban J connectivity index is 2.05. The number of aryl methyl sites for hydroxylation is 1. The molecule has 0 aliphatic heterocycles. The van der Waals surface area contributed by atoms with Gasteiger partial charge in [0.25, 0.3) is 0 Å². The van der Waals surface area contributed by atoms with Crippen molar-refractivity contribution in [2.24, 2.45) is 0 Å². The maximum Gasteiger partial charge on any atom is 0.0653 e. The van der Waals surface area contributed by atoms with Crippen LogP contribution in [-0.4, -0.2) is 10.7 Å². The Morgan fingerprint density at radius 1 is 1.43 bits per heavy atom. The fraction of sp³-hybridized carbons (Fsp3) is 0.500.